The van der Waals surface area contributed by atoms with Gasteiger partial charge in [0.1, 0.15) is 0 Å². The van der Waals surface area contributed by atoms with E-state index in [1.54, 1.807) is 0 Å². The van der Waals surface area contributed by atoms with Crippen LogP contribution in [-0.2, 0) is 0 Å². The molecule has 0 aromatic heterocycles. The van der Waals surface area contributed by atoms with Gasteiger partial charge in [0.2, 0.25) is 5.75 Å². The summed E-state index contributed by atoms with van der Waals surface area (Å²) in [5.41, 5.74) is -0.640. The third kappa shape index (κ3) is 5.20. The van der Waals surface area contributed by atoms with Crippen molar-refractivity contribution in [3.63, 3.8) is 0 Å². The number of Topliss-reactive ketones (excluding diaryl/α,β-unsaturated/α-hetero) is 1. The van der Waals surface area contributed by atoms with Crippen LogP contribution in [0.5, 0.6) is 11.5 Å². The summed E-state index contributed by atoms with van der Waals surface area (Å²) < 4.78 is 0. The number of rotatable bonds is 5. The number of nitro groups is 1. The molecule has 24 heavy (non-hydrogen) atoms. The number of carbonyl (C=O) groups is 1. The number of phenolic OH excluding ortho intramolecular Hbond substituents is 2. The van der Waals surface area contributed by atoms with Gasteiger partial charge in [-0.05, 0) is 12.6 Å². The summed E-state index contributed by atoms with van der Waals surface area (Å²) in [4.78, 5) is 26.5. The number of phenols is 2. The van der Waals surface area contributed by atoms with Crippen LogP contribution in [0.3, 0.4) is 0 Å². The minimum absolute atomic E-state index is 0. The summed E-state index contributed by atoms with van der Waals surface area (Å²) in [6.45, 7) is 6.46. The van der Waals surface area contributed by atoms with Crippen molar-refractivity contribution in [2.75, 3.05) is 39.3 Å². The van der Waals surface area contributed by atoms with Crippen LogP contribution < -0.4 is 0 Å². The first-order chi connectivity index (χ1) is 10.4. The van der Waals surface area contributed by atoms with Crippen LogP contribution in [-0.4, -0.2) is 70.0 Å². The molecule has 136 valence electrons. The van der Waals surface area contributed by atoms with Gasteiger partial charge in [-0.25, -0.2) is 0 Å². The number of halogens is 2. The number of aromatic hydroxyl groups is 2. The molecule has 1 fully saturated rings. The minimum atomic E-state index is -0.828. The Morgan fingerprint density at radius 3 is 2.21 bits per heavy atom. The third-order valence-corrected chi connectivity index (χ3v) is 3.87. The highest BCUT2D eigenvalue weighted by molar-refractivity contribution is 5.99. The Bertz CT molecular complexity index is 592. The lowest BCUT2D eigenvalue weighted by molar-refractivity contribution is -0.386. The lowest BCUT2D eigenvalue weighted by Crippen LogP contribution is -2.47. The maximum Gasteiger partial charge on any atom is 0.315 e. The van der Waals surface area contributed by atoms with Crippen LogP contribution in [0.1, 0.15) is 17.3 Å². The quantitative estimate of drug-likeness (QED) is 0.345. The molecule has 2 rings (SSSR count). The highest BCUT2D eigenvalue weighted by Gasteiger charge is 2.23. The van der Waals surface area contributed by atoms with E-state index in [1.807, 2.05) is 4.90 Å². The zero-order chi connectivity index (χ0) is 16.3. The molecule has 0 saturated carbocycles. The molecule has 8 nitrogen and oxygen atoms in total. The van der Waals surface area contributed by atoms with Crippen molar-refractivity contribution in [3.8, 4) is 11.5 Å². The van der Waals surface area contributed by atoms with E-state index in [4.69, 9.17) is 0 Å². The predicted octanol–water partition coefficient (Wildman–Crippen LogP) is 1.67. The van der Waals surface area contributed by atoms with E-state index in [2.05, 4.69) is 11.8 Å². The Balaban J connectivity index is 0.00000264. The Labute approximate surface area is 152 Å². The highest BCUT2D eigenvalue weighted by atomic mass is 35.5. The normalized spacial score (nSPS) is 15.2. The number of nitrogens with zero attached hydrogens (tertiary/aromatic N) is 3. The van der Waals surface area contributed by atoms with E-state index < -0.39 is 22.1 Å². The van der Waals surface area contributed by atoms with E-state index in [1.165, 1.54) is 0 Å². The number of carbonyl (C=O) groups excluding carboxylic acids is 1. The van der Waals surface area contributed by atoms with Gasteiger partial charge in [0.05, 0.1) is 11.5 Å². The summed E-state index contributed by atoms with van der Waals surface area (Å²) >= 11 is 0. The van der Waals surface area contributed by atoms with Crippen molar-refractivity contribution in [2.45, 2.75) is 6.92 Å². The van der Waals surface area contributed by atoms with Gasteiger partial charge in [-0.2, -0.15) is 0 Å². The van der Waals surface area contributed by atoms with Crippen LogP contribution in [0.15, 0.2) is 12.1 Å². The SMILES string of the molecule is CCN1CCN(CC(=O)c2cc(O)c(O)c([N+](=O)[O-])c2)CC1.Cl.Cl. The maximum absolute atomic E-state index is 12.2. The lowest BCUT2D eigenvalue weighted by atomic mass is 10.1. The van der Waals surface area contributed by atoms with Crippen LogP contribution in [0.2, 0.25) is 0 Å². The van der Waals surface area contributed by atoms with Crippen LogP contribution in [0, 0.1) is 10.1 Å². The maximum atomic E-state index is 12.2. The summed E-state index contributed by atoms with van der Waals surface area (Å²) in [6, 6.07) is 2.06. The molecule has 1 aromatic rings. The summed E-state index contributed by atoms with van der Waals surface area (Å²) in [5, 5.41) is 29.8. The second-order valence-corrected chi connectivity index (χ2v) is 5.25. The number of hydrogen-bond donors (Lipinski definition) is 2. The molecule has 0 unspecified atom stereocenters. The average Bonchev–Trinajstić information content (AvgIpc) is 2.50. The van der Waals surface area contributed by atoms with Gasteiger partial charge in [-0.3, -0.25) is 19.8 Å². The third-order valence-electron chi connectivity index (χ3n) is 3.87. The number of likely N-dealkylation sites (N-methyl/N-ethyl adjacent to an activating group) is 1. The fourth-order valence-electron chi connectivity index (χ4n) is 2.46. The molecule has 10 heteroatoms. The van der Waals surface area contributed by atoms with Gasteiger partial charge in [-0.15, -0.1) is 24.8 Å². The summed E-state index contributed by atoms with van der Waals surface area (Å²) in [5.74, 6) is -1.80. The number of benzene rings is 1. The van der Waals surface area contributed by atoms with Gasteiger partial charge in [0.15, 0.2) is 11.5 Å². The van der Waals surface area contributed by atoms with Crippen molar-refractivity contribution in [1.29, 1.82) is 0 Å². The standard InChI is InChI=1S/C14H19N3O5.2ClH/c1-2-15-3-5-16(6-4-15)9-13(19)10-7-11(17(21)22)14(20)12(18)8-10;;/h7-8,18,20H,2-6,9H2,1H3;2*1H. The molecule has 1 aliphatic rings. The average molecular weight is 382 g/mol. The molecular weight excluding hydrogens is 361 g/mol. The fraction of sp³-hybridized carbons (Fsp3) is 0.500. The van der Waals surface area contributed by atoms with Crippen molar-refractivity contribution < 1.29 is 19.9 Å². The van der Waals surface area contributed by atoms with Gasteiger partial charge in [-0.1, -0.05) is 6.92 Å². The lowest BCUT2D eigenvalue weighted by Gasteiger charge is -2.33. The number of nitro benzene ring substituents is 1. The first kappa shape index (κ1) is 22.4. The smallest absolute Gasteiger partial charge is 0.315 e. The number of hydrogen-bond acceptors (Lipinski definition) is 7. The molecule has 1 saturated heterocycles. The number of ketones is 1. The molecule has 0 spiro atoms. The molecule has 0 aliphatic carbocycles. The second-order valence-electron chi connectivity index (χ2n) is 5.25. The molecule has 1 aliphatic heterocycles. The molecule has 2 N–H and O–H groups in total. The Hall–Kier alpha value is -1.61. The van der Waals surface area contributed by atoms with E-state index in [-0.39, 0.29) is 42.7 Å². The van der Waals surface area contributed by atoms with Gasteiger partial charge in [0.25, 0.3) is 0 Å². The van der Waals surface area contributed by atoms with Crippen molar-refractivity contribution in [3.05, 3.63) is 27.8 Å². The monoisotopic (exact) mass is 381 g/mol. The Kier molecular flexibility index (Phi) is 8.98. The molecule has 0 bridgehead atoms. The first-order valence-electron chi connectivity index (χ1n) is 7.10. The van der Waals surface area contributed by atoms with Gasteiger partial charge in [0, 0.05) is 37.8 Å². The Morgan fingerprint density at radius 1 is 1.17 bits per heavy atom. The second kappa shape index (κ2) is 9.63. The predicted molar refractivity (Wildman–Crippen MR) is 93.8 cm³/mol. The van der Waals surface area contributed by atoms with Crippen molar-refractivity contribution in [2.24, 2.45) is 0 Å². The zero-order valence-corrected chi connectivity index (χ0v) is 14.8. The van der Waals surface area contributed by atoms with Crippen LogP contribution in [0.4, 0.5) is 5.69 Å². The fourth-order valence-corrected chi connectivity index (χ4v) is 2.46. The molecule has 0 atom stereocenters. The largest absolute Gasteiger partial charge is 0.504 e. The molecule has 0 radical (unpaired) electrons. The van der Waals surface area contributed by atoms with E-state index in [0.717, 1.165) is 44.9 Å². The minimum Gasteiger partial charge on any atom is -0.504 e. The van der Waals surface area contributed by atoms with E-state index in [0.29, 0.717) is 0 Å². The molecule has 1 aromatic carbocycles. The molecule has 1 heterocycles. The summed E-state index contributed by atoms with van der Waals surface area (Å²) in [7, 11) is 0. The van der Waals surface area contributed by atoms with Gasteiger partial charge >= 0.3 is 5.69 Å². The van der Waals surface area contributed by atoms with Gasteiger partial charge < -0.3 is 15.1 Å². The van der Waals surface area contributed by atoms with E-state index in [9.17, 15) is 25.1 Å². The molecular formula is C14H21Cl2N3O5. The van der Waals surface area contributed by atoms with Crippen LogP contribution >= 0.6 is 24.8 Å². The van der Waals surface area contributed by atoms with Crippen molar-refractivity contribution in [1.82, 2.24) is 9.80 Å². The first-order valence-corrected chi connectivity index (χ1v) is 7.10. The van der Waals surface area contributed by atoms with Crippen LogP contribution in [0.25, 0.3) is 0 Å². The molecule has 0 amide bonds. The topological polar surface area (TPSA) is 107 Å². The zero-order valence-electron chi connectivity index (χ0n) is 13.2. The summed E-state index contributed by atoms with van der Waals surface area (Å²) in [6.07, 6.45) is 0. The highest BCUT2D eigenvalue weighted by Crippen LogP contribution is 2.36. The Morgan fingerprint density at radius 2 is 1.71 bits per heavy atom. The number of piperazine rings is 1. The van der Waals surface area contributed by atoms with E-state index >= 15 is 0 Å². The van der Waals surface area contributed by atoms with Crippen molar-refractivity contribution >= 4 is 36.3 Å².